The molecule has 1 aliphatic heterocycles. The Balaban J connectivity index is 1.48. The minimum absolute atomic E-state index is 0.0593. The molecule has 31 heavy (non-hydrogen) atoms. The van der Waals surface area contributed by atoms with E-state index < -0.39 is 10.0 Å². The summed E-state index contributed by atoms with van der Waals surface area (Å²) in [5, 5.41) is 3.19. The first-order chi connectivity index (χ1) is 14.8. The van der Waals surface area contributed by atoms with Gasteiger partial charge in [-0.25, -0.2) is 8.42 Å². The molecule has 1 fully saturated rings. The zero-order valence-corrected chi connectivity index (χ0v) is 19.3. The van der Waals surface area contributed by atoms with Crippen molar-refractivity contribution in [1.82, 2.24) is 14.5 Å². The number of halogens is 1. The van der Waals surface area contributed by atoms with Gasteiger partial charge in [-0.3, -0.25) is 9.69 Å². The van der Waals surface area contributed by atoms with Crippen LogP contribution in [0.1, 0.15) is 12.5 Å². The number of nitrogens with zero attached hydrogens (tertiary/aromatic N) is 2. The summed E-state index contributed by atoms with van der Waals surface area (Å²) < 4.78 is 32.3. The second-order valence-electron chi connectivity index (χ2n) is 7.44. The maximum atomic E-state index is 12.9. The normalized spacial score (nSPS) is 16.6. The van der Waals surface area contributed by atoms with Crippen molar-refractivity contribution in [2.24, 2.45) is 0 Å². The van der Waals surface area contributed by atoms with Gasteiger partial charge in [0.15, 0.2) is 0 Å². The van der Waals surface area contributed by atoms with Crippen LogP contribution in [-0.2, 0) is 21.2 Å². The topological polar surface area (TPSA) is 79.0 Å². The van der Waals surface area contributed by atoms with E-state index in [-0.39, 0.29) is 21.9 Å². The summed E-state index contributed by atoms with van der Waals surface area (Å²) in [5.74, 6) is 0.744. The highest BCUT2D eigenvalue weighted by molar-refractivity contribution is 7.89. The first kappa shape index (κ1) is 23.5. The van der Waals surface area contributed by atoms with Gasteiger partial charge in [0.05, 0.1) is 18.2 Å². The predicted molar refractivity (Wildman–Crippen MR) is 121 cm³/mol. The third-order valence-corrected chi connectivity index (χ3v) is 7.93. The highest BCUT2D eigenvalue weighted by Crippen LogP contribution is 2.25. The van der Waals surface area contributed by atoms with Crippen LogP contribution >= 0.6 is 11.6 Å². The van der Waals surface area contributed by atoms with E-state index in [1.807, 2.05) is 36.1 Å². The van der Waals surface area contributed by atoms with Crippen LogP contribution in [0.2, 0.25) is 5.02 Å². The van der Waals surface area contributed by atoms with Crippen molar-refractivity contribution >= 4 is 27.5 Å². The Bertz CT molecular complexity index is 990. The molecule has 1 saturated heterocycles. The van der Waals surface area contributed by atoms with Crippen molar-refractivity contribution in [3.63, 3.8) is 0 Å². The van der Waals surface area contributed by atoms with E-state index in [9.17, 15) is 13.2 Å². The molecular weight excluding hydrogens is 438 g/mol. The number of ether oxygens (including phenoxy) is 1. The van der Waals surface area contributed by atoms with Crippen LogP contribution in [0.3, 0.4) is 0 Å². The number of amides is 1. The average molecular weight is 466 g/mol. The Morgan fingerprint density at radius 3 is 2.35 bits per heavy atom. The number of sulfonamides is 1. The van der Waals surface area contributed by atoms with Gasteiger partial charge < -0.3 is 10.1 Å². The number of benzene rings is 2. The molecule has 0 bridgehead atoms. The number of hydrogen-bond acceptors (Lipinski definition) is 5. The highest BCUT2D eigenvalue weighted by atomic mass is 35.5. The summed E-state index contributed by atoms with van der Waals surface area (Å²) in [4.78, 5) is 14.7. The molecule has 2 aromatic carbocycles. The van der Waals surface area contributed by atoms with Crippen LogP contribution in [0.5, 0.6) is 5.75 Å². The maximum Gasteiger partial charge on any atom is 0.244 e. The highest BCUT2D eigenvalue weighted by Gasteiger charge is 2.32. The zero-order valence-electron chi connectivity index (χ0n) is 17.8. The second kappa shape index (κ2) is 10.5. The molecule has 1 aliphatic rings. The van der Waals surface area contributed by atoms with Crippen LogP contribution < -0.4 is 10.1 Å². The lowest BCUT2D eigenvalue weighted by Gasteiger charge is -2.36. The van der Waals surface area contributed by atoms with Crippen LogP contribution in [0.25, 0.3) is 0 Å². The molecule has 0 saturated carbocycles. The van der Waals surface area contributed by atoms with E-state index in [0.717, 1.165) is 17.7 Å². The molecule has 1 atom stereocenters. The van der Waals surface area contributed by atoms with Gasteiger partial charge in [-0.05, 0) is 43.2 Å². The molecular formula is C22H28ClN3O4S. The monoisotopic (exact) mass is 465 g/mol. The SMILES string of the molecule is COc1ccc(CCNC(=O)[C@H](C)N2CCN(S(=O)(=O)c3ccccc3Cl)CC2)cc1. The predicted octanol–water partition coefficient (Wildman–Crippen LogP) is 2.40. The average Bonchev–Trinajstić information content (AvgIpc) is 2.79. The van der Waals surface area contributed by atoms with Crippen molar-refractivity contribution in [2.45, 2.75) is 24.3 Å². The summed E-state index contributed by atoms with van der Waals surface area (Å²) in [6.07, 6.45) is 0.728. The molecule has 3 rings (SSSR count). The largest absolute Gasteiger partial charge is 0.497 e. The van der Waals surface area contributed by atoms with Gasteiger partial charge >= 0.3 is 0 Å². The summed E-state index contributed by atoms with van der Waals surface area (Å²) >= 11 is 6.08. The van der Waals surface area contributed by atoms with Crippen molar-refractivity contribution in [3.8, 4) is 5.75 Å². The minimum Gasteiger partial charge on any atom is -0.497 e. The molecule has 2 aromatic rings. The standard InChI is InChI=1S/C22H28ClN3O4S/c1-17(22(27)24-12-11-18-7-9-19(30-2)10-8-18)25-13-15-26(16-14-25)31(28,29)21-6-4-3-5-20(21)23/h3-10,17H,11-16H2,1-2H3,(H,24,27)/t17-/m0/s1. The van der Waals surface area contributed by atoms with Gasteiger partial charge in [-0.1, -0.05) is 35.9 Å². The summed E-state index contributed by atoms with van der Waals surface area (Å²) in [7, 11) is -2.02. The van der Waals surface area contributed by atoms with Gasteiger partial charge in [0, 0.05) is 32.7 Å². The first-order valence-corrected chi connectivity index (χ1v) is 12.0. The third-order valence-electron chi connectivity index (χ3n) is 5.53. The fraction of sp³-hybridized carbons (Fsp3) is 0.409. The van der Waals surface area contributed by atoms with Gasteiger partial charge in [0.2, 0.25) is 15.9 Å². The molecule has 1 N–H and O–H groups in total. The van der Waals surface area contributed by atoms with E-state index in [4.69, 9.17) is 16.3 Å². The fourth-order valence-electron chi connectivity index (χ4n) is 3.56. The summed E-state index contributed by atoms with van der Waals surface area (Å²) in [6, 6.07) is 13.9. The Morgan fingerprint density at radius 2 is 1.74 bits per heavy atom. The van der Waals surface area contributed by atoms with Gasteiger partial charge in [0.1, 0.15) is 10.6 Å². The minimum atomic E-state index is -3.65. The zero-order chi connectivity index (χ0) is 22.4. The smallest absolute Gasteiger partial charge is 0.244 e. The molecule has 1 amide bonds. The Labute approximate surface area is 189 Å². The van der Waals surface area contributed by atoms with E-state index in [1.165, 1.54) is 10.4 Å². The lowest BCUT2D eigenvalue weighted by molar-refractivity contribution is -0.126. The first-order valence-electron chi connectivity index (χ1n) is 10.2. The van der Waals surface area contributed by atoms with Gasteiger partial charge in [-0.15, -0.1) is 0 Å². The lowest BCUT2D eigenvalue weighted by atomic mass is 10.1. The number of methoxy groups -OCH3 is 1. The molecule has 9 heteroatoms. The number of nitrogens with one attached hydrogen (secondary N) is 1. The fourth-order valence-corrected chi connectivity index (χ4v) is 5.48. The van der Waals surface area contributed by atoms with E-state index in [1.54, 1.807) is 25.3 Å². The van der Waals surface area contributed by atoms with Gasteiger partial charge in [0.25, 0.3) is 0 Å². The summed E-state index contributed by atoms with van der Waals surface area (Å²) in [5.41, 5.74) is 1.12. The van der Waals surface area contributed by atoms with Crippen molar-refractivity contribution in [2.75, 3.05) is 39.8 Å². The lowest BCUT2D eigenvalue weighted by Crippen LogP contribution is -2.55. The Hall–Kier alpha value is -2.13. The number of piperazine rings is 1. The number of carbonyl (C=O) groups excluding carboxylic acids is 1. The van der Waals surface area contributed by atoms with E-state index in [2.05, 4.69) is 5.32 Å². The maximum absolute atomic E-state index is 12.9. The second-order valence-corrected chi connectivity index (χ2v) is 9.75. The molecule has 0 radical (unpaired) electrons. The van der Waals surface area contributed by atoms with Gasteiger partial charge in [-0.2, -0.15) is 4.31 Å². The molecule has 0 aliphatic carbocycles. The third kappa shape index (κ3) is 5.77. The van der Waals surface area contributed by atoms with Crippen LogP contribution in [0.4, 0.5) is 0 Å². The number of hydrogen-bond donors (Lipinski definition) is 1. The number of rotatable bonds is 8. The van der Waals surface area contributed by atoms with E-state index in [0.29, 0.717) is 32.7 Å². The number of carbonyl (C=O) groups is 1. The van der Waals surface area contributed by atoms with Crippen molar-refractivity contribution < 1.29 is 17.9 Å². The molecule has 0 unspecified atom stereocenters. The molecule has 1 heterocycles. The van der Waals surface area contributed by atoms with Crippen LogP contribution in [0.15, 0.2) is 53.4 Å². The van der Waals surface area contributed by atoms with Crippen LogP contribution in [-0.4, -0.2) is 69.4 Å². The molecule has 0 spiro atoms. The quantitative estimate of drug-likeness (QED) is 0.647. The van der Waals surface area contributed by atoms with E-state index >= 15 is 0 Å². The Morgan fingerprint density at radius 1 is 1.10 bits per heavy atom. The molecule has 7 nitrogen and oxygen atoms in total. The van der Waals surface area contributed by atoms with Crippen LogP contribution in [0, 0.1) is 0 Å². The summed E-state index contributed by atoms with van der Waals surface area (Å²) in [6.45, 7) is 3.98. The molecule has 0 aromatic heterocycles. The molecule has 168 valence electrons. The van der Waals surface area contributed by atoms with Crippen molar-refractivity contribution in [1.29, 1.82) is 0 Å². The Kier molecular flexibility index (Phi) is 7.94. The van der Waals surface area contributed by atoms with Crippen molar-refractivity contribution in [3.05, 3.63) is 59.1 Å².